The maximum atomic E-state index is 12.5. The molecule has 1 aromatic heterocycles. The summed E-state index contributed by atoms with van der Waals surface area (Å²) < 4.78 is 0. The summed E-state index contributed by atoms with van der Waals surface area (Å²) in [6.07, 6.45) is 1.40. The van der Waals surface area contributed by atoms with Gasteiger partial charge in [-0.1, -0.05) is 17.7 Å². The van der Waals surface area contributed by atoms with E-state index in [1.807, 2.05) is 36.1 Å². The number of rotatable bonds is 4. The maximum Gasteiger partial charge on any atom is 0.271 e. The van der Waals surface area contributed by atoms with Gasteiger partial charge in [-0.2, -0.15) is 0 Å². The Morgan fingerprint density at radius 3 is 2.44 bits per heavy atom. The zero-order valence-corrected chi connectivity index (χ0v) is 16.1. The molecule has 1 aliphatic rings. The number of carbonyl (C=O) groups is 3. The lowest BCUT2D eigenvalue weighted by atomic mass is 10.0. The average molecular weight is 386 g/mol. The lowest BCUT2D eigenvalue weighted by molar-refractivity contribution is -0.114. The molecular weight excluding hydrogens is 364 g/mol. The van der Waals surface area contributed by atoms with Gasteiger partial charge < -0.3 is 15.5 Å². The number of nitrogens with one attached hydrogen (secondary N) is 2. The molecular formula is C19H22N4O3S. The van der Waals surface area contributed by atoms with Crippen molar-refractivity contribution in [3.8, 4) is 0 Å². The Kier molecular flexibility index (Phi) is 5.85. The van der Waals surface area contributed by atoms with Crippen LogP contribution in [0.2, 0.25) is 0 Å². The van der Waals surface area contributed by atoms with Crippen LogP contribution >= 0.6 is 11.3 Å². The van der Waals surface area contributed by atoms with Crippen LogP contribution in [0.25, 0.3) is 0 Å². The molecule has 2 aromatic rings. The van der Waals surface area contributed by atoms with Gasteiger partial charge in [-0.25, -0.2) is 4.98 Å². The fourth-order valence-electron chi connectivity index (χ4n) is 2.95. The summed E-state index contributed by atoms with van der Waals surface area (Å²) in [5.74, 6) is -0.452. The Balaban J connectivity index is 1.51. The van der Waals surface area contributed by atoms with Crippen molar-refractivity contribution >= 4 is 34.2 Å². The Morgan fingerprint density at radius 2 is 1.81 bits per heavy atom. The van der Waals surface area contributed by atoms with E-state index in [0.717, 1.165) is 5.56 Å². The highest BCUT2D eigenvalue weighted by Gasteiger charge is 2.25. The molecule has 3 rings (SSSR count). The van der Waals surface area contributed by atoms with E-state index < -0.39 is 0 Å². The van der Waals surface area contributed by atoms with Crippen LogP contribution in [0.4, 0.5) is 5.13 Å². The number of thiazole rings is 1. The van der Waals surface area contributed by atoms with Gasteiger partial charge in [0.2, 0.25) is 5.91 Å². The molecule has 2 N–H and O–H groups in total. The minimum Gasteiger partial charge on any atom is -0.348 e. The third kappa shape index (κ3) is 4.91. The van der Waals surface area contributed by atoms with Gasteiger partial charge in [0.05, 0.1) is 0 Å². The molecule has 0 bridgehead atoms. The highest BCUT2D eigenvalue weighted by molar-refractivity contribution is 7.14. The number of hydrogen-bond acceptors (Lipinski definition) is 5. The lowest BCUT2D eigenvalue weighted by Gasteiger charge is -2.32. The minimum absolute atomic E-state index is 0.00508. The summed E-state index contributed by atoms with van der Waals surface area (Å²) in [4.78, 5) is 41.8. The second kappa shape index (κ2) is 8.30. The molecule has 27 heavy (non-hydrogen) atoms. The maximum absolute atomic E-state index is 12.5. The molecule has 0 radical (unpaired) electrons. The van der Waals surface area contributed by atoms with Crippen molar-refractivity contribution in [1.29, 1.82) is 0 Å². The molecule has 2 heterocycles. The monoisotopic (exact) mass is 386 g/mol. The molecule has 0 unspecified atom stereocenters. The van der Waals surface area contributed by atoms with Crippen molar-refractivity contribution < 1.29 is 14.4 Å². The number of aromatic nitrogens is 1. The first-order chi connectivity index (χ1) is 12.9. The lowest BCUT2D eigenvalue weighted by Crippen LogP contribution is -2.46. The van der Waals surface area contributed by atoms with Crippen LogP contribution in [0, 0.1) is 6.92 Å². The van der Waals surface area contributed by atoms with Crippen molar-refractivity contribution in [2.24, 2.45) is 0 Å². The van der Waals surface area contributed by atoms with Crippen LogP contribution in [0.1, 0.15) is 46.2 Å². The van der Waals surface area contributed by atoms with Crippen LogP contribution in [-0.2, 0) is 4.79 Å². The summed E-state index contributed by atoms with van der Waals surface area (Å²) in [5, 5.41) is 7.56. The number of piperidine rings is 1. The molecule has 0 spiro atoms. The SMILES string of the molecule is CC(=O)Nc1nc(C(=O)NC2CCN(C(=O)c3ccc(C)cc3)CC2)cs1. The van der Waals surface area contributed by atoms with Crippen LogP contribution in [0.5, 0.6) is 0 Å². The normalized spacial score (nSPS) is 14.7. The van der Waals surface area contributed by atoms with Gasteiger partial charge in [0.1, 0.15) is 5.69 Å². The summed E-state index contributed by atoms with van der Waals surface area (Å²) in [6, 6.07) is 7.57. The largest absolute Gasteiger partial charge is 0.348 e. The summed E-state index contributed by atoms with van der Waals surface area (Å²) in [5.41, 5.74) is 2.11. The van der Waals surface area contributed by atoms with E-state index in [2.05, 4.69) is 15.6 Å². The predicted molar refractivity (Wildman–Crippen MR) is 104 cm³/mol. The van der Waals surface area contributed by atoms with Gasteiger partial charge in [0.15, 0.2) is 5.13 Å². The van der Waals surface area contributed by atoms with Gasteiger partial charge in [0, 0.05) is 37.0 Å². The van der Waals surface area contributed by atoms with E-state index in [1.54, 1.807) is 5.38 Å². The standard InChI is InChI=1S/C19H22N4O3S/c1-12-3-5-14(6-4-12)18(26)23-9-7-15(8-10-23)21-17(25)16-11-27-19(22-16)20-13(2)24/h3-6,11,15H,7-10H2,1-2H3,(H,21,25)(H,20,22,24). The molecule has 1 aliphatic heterocycles. The highest BCUT2D eigenvalue weighted by atomic mass is 32.1. The second-order valence-electron chi connectivity index (χ2n) is 6.63. The van der Waals surface area contributed by atoms with Gasteiger partial charge in [-0.3, -0.25) is 14.4 Å². The van der Waals surface area contributed by atoms with Gasteiger partial charge in [-0.15, -0.1) is 11.3 Å². The minimum atomic E-state index is -0.258. The molecule has 1 aromatic carbocycles. The smallest absolute Gasteiger partial charge is 0.271 e. The number of anilines is 1. The number of aryl methyl sites for hydroxylation is 1. The highest BCUT2D eigenvalue weighted by Crippen LogP contribution is 2.17. The van der Waals surface area contributed by atoms with Crippen molar-refractivity contribution in [2.45, 2.75) is 32.7 Å². The van der Waals surface area contributed by atoms with E-state index >= 15 is 0 Å². The molecule has 7 nitrogen and oxygen atoms in total. The van der Waals surface area contributed by atoms with E-state index in [4.69, 9.17) is 0 Å². The van der Waals surface area contributed by atoms with Crippen LogP contribution < -0.4 is 10.6 Å². The number of nitrogens with zero attached hydrogens (tertiary/aromatic N) is 2. The van der Waals surface area contributed by atoms with E-state index in [9.17, 15) is 14.4 Å². The zero-order valence-electron chi connectivity index (χ0n) is 15.3. The predicted octanol–water partition coefficient (Wildman–Crippen LogP) is 2.44. The van der Waals surface area contributed by atoms with E-state index in [1.165, 1.54) is 18.3 Å². The van der Waals surface area contributed by atoms with Gasteiger partial charge >= 0.3 is 0 Å². The Bertz CT molecular complexity index is 839. The average Bonchev–Trinajstić information content (AvgIpc) is 3.10. The zero-order chi connectivity index (χ0) is 19.4. The fourth-order valence-corrected chi connectivity index (χ4v) is 3.69. The molecule has 142 valence electrons. The molecule has 3 amide bonds. The molecule has 1 saturated heterocycles. The van der Waals surface area contributed by atoms with Gasteiger partial charge in [0.25, 0.3) is 11.8 Å². The number of carbonyl (C=O) groups excluding carboxylic acids is 3. The second-order valence-corrected chi connectivity index (χ2v) is 7.48. The van der Waals surface area contributed by atoms with Crippen molar-refractivity contribution in [3.63, 3.8) is 0 Å². The summed E-state index contributed by atoms with van der Waals surface area (Å²) in [6.45, 7) is 4.59. The Hall–Kier alpha value is -2.74. The Morgan fingerprint density at radius 1 is 1.15 bits per heavy atom. The topological polar surface area (TPSA) is 91.4 Å². The van der Waals surface area contributed by atoms with Crippen molar-refractivity contribution in [3.05, 3.63) is 46.5 Å². The quantitative estimate of drug-likeness (QED) is 0.844. The Labute approximate surface area is 161 Å². The molecule has 1 fully saturated rings. The molecule has 0 aliphatic carbocycles. The first-order valence-electron chi connectivity index (χ1n) is 8.82. The fraction of sp³-hybridized carbons (Fsp3) is 0.368. The molecule has 0 saturated carbocycles. The van der Waals surface area contributed by atoms with E-state index in [-0.39, 0.29) is 23.8 Å². The molecule has 8 heteroatoms. The van der Waals surface area contributed by atoms with Crippen molar-refractivity contribution in [1.82, 2.24) is 15.2 Å². The van der Waals surface area contributed by atoms with Gasteiger partial charge in [-0.05, 0) is 31.9 Å². The third-order valence-corrected chi connectivity index (χ3v) is 5.19. The summed E-state index contributed by atoms with van der Waals surface area (Å²) >= 11 is 1.21. The third-order valence-electron chi connectivity index (χ3n) is 4.44. The van der Waals surface area contributed by atoms with Crippen molar-refractivity contribution in [2.75, 3.05) is 18.4 Å². The number of amides is 3. The first-order valence-corrected chi connectivity index (χ1v) is 9.70. The van der Waals surface area contributed by atoms with Crippen LogP contribution in [0.15, 0.2) is 29.6 Å². The number of benzene rings is 1. The number of likely N-dealkylation sites (tertiary alicyclic amines) is 1. The summed E-state index contributed by atoms with van der Waals surface area (Å²) in [7, 11) is 0. The number of hydrogen-bond donors (Lipinski definition) is 2. The molecule has 0 atom stereocenters. The van der Waals surface area contributed by atoms with Crippen LogP contribution in [-0.4, -0.2) is 46.7 Å². The van der Waals surface area contributed by atoms with E-state index in [0.29, 0.717) is 42.3 Å². The van der Waals surface area contributed by atoms with Crippen LogP contribution in [0.3, 0.4) is 0 Å². The first kappa shape index (κ1) is 19.0.